The van der Waals surface area contributed by atoms with Crippen molar-refractivity contribution in [3.63, 3.8) is 0 Å². The number of rotatable bonds is 3. The highest BCUT2D eigenvalue weighted by Gasteiger charge is 2.36. The maximum Gasteiger partial charge on any atom is 0.156 e. The van der Waals surface area contributed by atoms with Crippen LogP contribution in [0.4, 0.5) is 5.82 Å². The van der Waals surface area contributed by atoms with E-state index in [2.05, 4.69) is 43.7 Å². The smallest absolute Gasteiger partial charge is 0.156 e. The minimum absolute atomic E-state index is 0.241. The molecule has 1 saturated heterocycles. The minimum atomic E-state index is -0.241. The van der Waals surface area contributed by atoms with Gasteiger partial charge in [0.25, 0.3) is 0 Å². The molecule has 1 atom stereocenters. The Labute approximate surface area is 162 Å². The van der Waals surface area contributed by atoms with Crippen LogP contribution in [-0.4, -0.2) is 45.0 Å². The Hall–Kier alpha value is -3.18. The number of nitriles is 1. The van der Waals surface area contributed by atoms with Crippen LogP contribution in [-0.2, 0) is 0 Å². The van der Waals surface area contributed by atoms with Crippen LogP contribution in [0.25, 0.3) is 11.0 Å². The molecular formula is C20H21N7O. The number of likely N-dealkylation sites (tertiary alicyclic amines) is 1. The number of benzene rings is 1. The quantitative estimate of drug-likeness (QED) is 0.724. The van der Waals surface area contributed by atoms with Gasteiger partial charge in [-0.05, 0) is 54.4 Å². The Morgan fingerprint density at radius 2 is 2.11 bits per heavy atom. The van der Waals surface area contributed by atoms with Crippen LogP contribution < -0.4 is 5.32 Å². The molecule has 2 aromatic heterocycles. The van der Waals surface area contributed by atoms with Gasteiger partial charge in [-0.15, -0.1) is 0 Å². The standard InChI is InChI=1S/C20H21N7O/c1-2-27-8-6-12(7-9-27)18-14(10-21)17(15-11-22-24-20(15)23-18)13-4-3-5-16-19(13)26-28-25-16/h3-5,11-12,17H,2,6-9H2,1H3,(H2,22,23,24). The molecule has 5 rings (SSSR count). The molecule has 2 aliphatic rings. The van der Waals surface area contributed by atoms with Crippen LogP contribution in [0.3, 0.4) is 0 Å². The van der Waals surface area contributed by atoms with Crippen molar-refractivity contribution in [1.29, 1.82) is 5.26 Å². The number of allylic oxidation sites excluding steroid dienone is 2. The first kappa shape index (κ1) is 17.0. The fraction of sp³-hybridized carbons (Fsp3) is 0.400. The first-order valence-electron chi connectivity index (χ1n) is 9.68. The molecule has 3 aromatic rings. The Morgan fingerprint density at radius 1 is 1.25 bits per heavy atom. The van der Waals surface area contributed by atoms with Crippen molar-refractivity contribution in [3.8, 4) is 6.07 Å². The predicted molar refractivity (Wildman–Crippen MR) is 103 cm³/mol. The zero-order valence-electron chi connectivity index (χ0n) is 15.6. The molecule has 0 radical (unpaired) electrons. The van der Waals surface area contributed by atoms with Gasteiger partial charge < -0.3 is 10.2 Å². The van der Waals surface area contributed by atoms with E-state index in [-0.39, 0.29) is 5.92 Å². The zero-order chi connectivity index (χ0) is 19.1. The van der Waals surface area contributed by atoms with E-state index in [1.807, 2.05) is 24.4 Å². The van der Waals surface area contributed by atoms with Gasteiger partial charge in [-0.2, -0.15) is 10.4 Å². The maximum atomic E-state index is 10.2. The minimum Gasteiger partial charge on any atom is -0.341 e. The van der Waals surface area contributed by atoms with Gasteiger partial charge >= 0.3 is 0 Å². The van der Waals surface area contributed by atoms with Crippen molar-refractivity contribution in [2.75, 3.05) is 25.0 Å². The molecule has 2 aliphatic heterocycles. The Bertz CT molecular complexity index is 1080. The Morgan fingerprint density at radius 3 is 2.89 bits per heavy atom. The number of H-pyrrole nitrogens is 1. The Balaban J connectivity index is 1.64. The lowest BCUT2D eigenvalue weighted by molar-refractivity contribution is 0.208. The summed E-state index contributed by atoms with van der Waals surface area (Å²) in [5, 5.41) is 29.0. The topological polar surface area (TPSA) is 107 Å². The molecular weight excluding hydrogens is 354 g/mol. The Kier molecular flexibility index (Phi) is 4.10. The van der Waals surface area contributed by atoms with Gasteiger partial charge in [-0.1, -0.05) is 19.1 Å². The van der Waals surface area contributed by atoms with E-state index in [4.69, 9.17) is 4.63 Å². The summed E-state index contributed by atoms with van der Waals surface area (Å²) in [7, 11) is 0. The van der Waals surface area contributed by atoms with Gasteiger partial charge in [0.05, 0.1) is 17.6 Å². The average molecular weight is 375 g/mol. The van der Waals surface area contributed by atoms with Crippen molar-refractivity contribution in [2.24, 2.45) is 5.92 Å². The molecule has 142 valence electrons. The third kappa shape index (κ3) is 2.59. The normalized spacial score (nSPS) is 20.8. The van der Waals surface area contributed by atoms with Crippen molar-refractivity contribution in [3.05, 3.63) is 46.8 Å². The highest BCUT2D eigenvalue weighted by atomic mass is 16.6. The fourth-order valence-corrected chi connectivity index (χ4v) is 4.49. The molecule has 0 spiro atoms. The summed E-state index contributed by atoms with van der Waals surface area (Å²) in [5.41, 5.74) is 4.98. The fourth-order valence-electron chi connectivity index (χ4n) is 4.49. The third-order valence-corrected chi connectivity index (χ3v) is 6.00. The molecule has 1 aromatic carbocycles. The third-order valence-electron chi connectivity index (χ3n) is 6.00. The second-order valence-corrected chi connectivity index (χ2v) is 7.37. The lowest BCUT2D eigenvalue weighted by Crippen LogP contribution is -2.36. The van der Waals surface area contributed by atoms with E-state index < -0.39 is 0 Å². The summed E-state index contributed by atoms with van der Waals surface area (Å²) in [4.78, 5) is 2.45. The van der Waals surface area contributed by atoms with Crippen molar-refractivity contribution in [1.82, 2.24) is 25.4 Å². The molecule has 0 bridgehead atoms. The highest BCUT2D eigenvalue weighted by molar-refractivity contribution is 5.80. The second kappa shape index (κ2) is 6.77. The number of anilines is 1. The van der Waals surface area contributed by atoms with Crippen LogP contribution in [0.2, 0.25) is 0 Å². The van der Waals surface area contributed by atoms with Gasteiger partial charge in [-0.25, -0.2) is 4.63 Å². The van der Waals surface area contributed by atoms with Crippen LogP contribution in [0.1, 0.15) is 36.8 Å². The van der Waals surface area contributed by atoms with Crippen molar-refractivity contribution < 1.29 is 4.63 Å². The molecule has 0 aliphatic carbocycles. The predicted octanol–water partition coefficient (Wildman–Crippen LogP) is 3.01. The van der Waals surface area contributed by atoms with E-state index >= 15 is 0 Å². The van der Waals surface area contributed by atoms with E-state index in [0.717, 1.165) is 60.7 Å². The summed E-state index contributed by atoms with van der Waals surface area (Å²) in [6.45, 7) is 5.35. The van der Waals surface area contributed by atoms with Crippen LogP contribution in [0.15, 0.2) is 40.3 Å². The van der Waals surface area contributed by atoms with Crippen LogP contribution >= 0.6 is 0 Å². The second-order valence-electron chi connectivity index (χ2n) is 7.37. The molecule has 28 heavy (non-hydrogen) atoms. The summed E-state index contributed by atoms with van der Waals surface area (Å²) < 4.78 is 4.96. The number of aromatic amines is 1. The number of hydrogen-bond acceptors (Lipinski definition) is 7. The molecule has 0 saturated carbocycles. The summed E-state index contributed by atoms with van der Waals surface area (Å²) in [5.74, 6) is 0.861. The molecule has 8 heteroatoms. The summed E-state index contributed by atoms with van der Waals surface area (Å²) in [6, 6.07) is 8.28. The van der Waals surface area contributed by atoms with Gasteiger partial charge in [0.2, 0.25) is 0 Å². The molecule has 1 fully saturated rings. The number of hydrogen-bond donors (Lipinski definition) is 2. The van der Waals surface area contributed by atoms with E-state index in [9.17, 15) is 5.26 Å². The van der Waals surface area contributed by atoms with Gasteiger partial charge in [0, 0.05) is 23.4 Å². The first-order valence-corrected chi connectivity index (χ1v) is 9.68. The monoisotopic (exact) mass is 375 g/mol. The lowest BCUT2D eigenvalue weighted by atomic mass is 9.78. The molecule has 0 amide bonds. The van der Waals surface area contributed by atoms with E-state index in [1.165, 1.54) is 0 Å². The van der Waals surface area contributed by atoms with E-state index in [1.54, 1.807) is 0 Å². The average Bonchev–Trinajstić information content (AvgIpc) is 3.41. The molecule has 8 nitrogen and oxygen atoms in total. The highest BCUT2D eigenvalue weighted by Crippen LogP contribution is 2.45. The number of aromatic nitrogens is 4. The number of nitrogens with zero attached hydrogens (tertiary/aromatic N) is 5. The van der Waals surface area contributed by atoms with Crippen LogP contribution in [0, 0.1) is 17.2 Å². The zero-order valence-corrected chi connectivity index (χ0v) is 15.6. The molecule has 2 N–H and O–H groups in total. The van der Waals surface area contributed by atoms with Gasteiger partial charge in [0.1, 0.15) is 11.0 Å². The first-order chi connectivity index (χ1) is 13.8. The summed E-state index contributed by atoms with van der Waals surface area (Å²) >= 11 is 0. The lowest BCUT2D eigenvalue weighted by Gasteiger charge is -2.35. The summed E-state index contributed by atoms with van der Waals surface area (Å²) in [6.07, 6.45) is 3.92. The van der Waals surface area contributed by atoms with Gasteiger partial charge in [-0.3, -0.25) is 5.10 Å². The van der Waals surface area contributed by atoms with Crippen LogP contribution in [0.5, 0.6) is 0 Å². The number of fused-ring (bicyclic) bond motifs is 2. The number of nitrogens with one attached hydrogen (secondary N) is 2. The largest absolute Gasteiger partial charge is 0.341 e. The van der Waals surface area contributed by atoms with Crippen molar-refractivity contribution >= 4 is 16.9 Å². The maximum absolute atomic E-state index is 10.2. The molecule has 4 heterocycles. The number of piperidine rings is 1. The van der Waals surface area contributed by atoms with E-state index in [0.29, 0.717) is 17.0 Å². The molecule has 1 unspecified atom stereocenters. The SMILES string of the molecule is CCN1CCC(C2=C(C#N)C(c3cccc4nonc34)c3c[nH]nc3N2)CC1. The van der Waals surface area contributed by atoms with Crippen molar-refractivity contribution in [2.45, 2.75) is 25.7 Å². The van der Waals surface area contributed by atoms with Gasteiger partial charge in [0.15, 0.2) is 5.82 Å².